The van der Waals surface area contributed by atoms with Crippen molar-refractivity contribution in [2.45, 2.75) is 35.6 Å². The molecular formula is C20H22N2O4S2. The van der Waals surface area contributed by atoms with Gasteiger partial charge in [-0.05, 0) is 43.5 Å². The third-order valence-corrected chi connectivity index (χ3v) is 7.56. The quantitative estimate of drug-likeness (QED) is 0.609. The molecule has 148 valence electrons. The lowest BCUT2D eigenvalue weighted by Gasteiger charge is -2.13. The van der Waals surface area contributed by atoms with Crippen LogP contribution in [0.25, 0.3) is 0 Å². The molecular weight excluding hydrogens is 396 g/mol. The van der Waals surface area contributed by atoms with Crippen LogP contribution in [0.3, 0.4) is 0 Å². The van der Waals surface area contributed by atoms with Gasteiger partial charge in [-0.2, -0.15) is 0 Å². The predicted octanol–water partition coefficient (Wildman–Crippen LogP) is 3.02. The Morgan fingerprint density at radius 2 is 1.46 bits per heavy atom. The highest BCUT2D eigenvalue weighted by atomic mass is 32.2. The molecule has 0 amide bonds. The highest BCUT2D eigenvalue weighted by molar-refractivity contribution is 7.90. The van der Waals surface area contributed by atoms with Crippen LogP contribution in [-0.4, -0.2) is 26.8 Å². The van der Waals surface area contributed by atoms with E-state index < -0.39 is 20.0 Å². The Labute approximate surface area is 165 Å². The minimum absolute atomic E-state index is 0.0847. The molecule has 1 aromatic heterocycles. The van der Waals surface area contributed by atoms with Crippen LogP contribution in [-0.2, 0) is 26.5 Å². The second-order valence-electron chi connectivity index (χ2n) is 6.54. The molecule has 0 aliphatic carbocycles. The molecule has 2 aromatic carbocycles. The number of hydrogen-bond donors (Lipinski definition) is 1. The van der Waals surface area contributed by atoms with E-state index in [-0.39, 0.29) is 15.8 Å². The maximum Gasteiger partial charge on any atom is 0.267 e. The van der Waals surface area contributed by atoms with E-state index in [0.717, 1.165) is 22.2 Å². The zero-order chi connectivity index (χ0) is 20.2. The first-order chi connectivity index (χ1) is 13.3. The van der Waals surface area contributed by atoms with E-state index in [0.29, 0.717) is 6.42 Å². The molecule has 0 spiro atoms. The Balaban J connectivity index is 1.71. The third-order valence-electron chi connectivity index (χ3n) is 4.33. The topological polar surface area (TPSA) is 85.2 Å². The minimum Gasteiger partial charge on any atom is -0.248 e. The van der Waals surface area contributed by atoms with Crippen molar-refractivity contribution >= 4 is 20.0 Å². The fourth-order valence-corrected chi connectivity index (χ4v) is 5.36. The Morgan fingerprint density at radius 1 is 0.857 bits per heavy atom. The summed E-state index contributed by atoms with van der Waals surface area (Å²) in [4.78, 5) is 0.0114. The average molecular weight is 419 g/mol. The van der Waals surface area contributed by atoms with Crippen molar-refractivity contribution in [3.05, 3.63) is 84.7 Å². The fraction of sp³-hybridized carbons (Fsp3) is 0.200. The van der Waals surface area contributed by atoms with Gasteiger partial charge in [0.25, 0.3) is 10.0 Å². The van der Waals surface area contributed by atoms with Crippen LogP contribution < -0.4 is 4.72 Å². The molecule has 0 unspecified atom stereocenters. The summed E-state index contributed by atoms with van der Waals surface area (Å²) in [5, 5.41) is 0. The standard InChI is InChI=1S/C20H22N2O4S2/c1-17(12-13-18-8-4-2-5-9-18)21-27(23,24)20-14-15-22(16-20)28(25,26)19-10-6-3-7-11-19/h2-11,14-17,21H,12-13H2,1H3/t17-/m0/s1. The third kappa shape index (κ3) is 4.70. The van der Waals surface area contributed by atoms with Crippen molar-refractivity contribution < 1.29 is 16.8 Å². The number of sulfonamides is 1. The van der Waals surface area contributed by atoms with E-state index in [1.165, 1.54) is 24.4 Å². The van der Waals surface area contributed by atoms with Gasteiger partial charge >= 0.3 is 0 Å². The number of nitrogens with zero attached hydrogens (tertiary/aromatic N) is 1. The molecule has 1 atom stereocenters. The van der Waals surface area contributed by atoms with Gasteiger partial charge in [0.15, 0.2) is 0 Å². The molecule has 28 heavy (non-hydrogen) atoms. The zero-order valence-electron chi connectivity index (χ0n) is 15.4. The number of aryl methyl sites for hydroxylation is 1. The molecule has 8 heteroatoms. The van der Waals surface area contributed by atoms with Crippen LogP contribution in [0, 0.1) is 0 Å². The van der Waals surface area contributed by atoms with Gasteiger partial charge in [0, 0.05) is 18.4 Å². The molecule has 0 aliphatic heterocycles. The van der Waals surface area contributed by atoms with E-state index in [4.69, 9.17) is 0 Å². The predicted molar refractivity (Wildman–Crippen MR) is 108 cm³/mol. The average Bonchev–Trinajstić information content (AvgIpc) is 3.20. The highest BCUT2D eigenvalue weighted by Gasteiger charge is 2.22. The molecule has 0 radical (unpaired) electrons. The lowest BCUT2D eigenvalue weighted by Crippen LogP contribution is -2.32. The fourth-order valence-electron chi connectivity index (χ4n) is 2.80. The Kier molecular flexibility index (Phi) is 6.02. The Morgan fingerprint density at radius 3 is 2.11 bits per heavy atom. The van der Waals surface area contributed by atoms with Crippen molar-refractivity contribution in [2.75, 3.05) is 0 Å². The Bertz CT molecular complexity index is 1120. The van der Waals surface area contributed by atoms with Gasteiger partial charge in [-0.3, -0.25) is 0 Å². The molecule has 1 N–H and O–H groups in total. The first kappa shape index (κ1) is 20.3. The van der Waals surface area contributed by atoms with Crippen LogP contribution in [0.4, 0.5) is 0 Å². The molecule has 0 aliphatic rings. The number of aromatic nitrogens is 1. The summed E-state index contributed by atoms with van der Waals surface area (Å²) in [6.45, 7) is 1.79. The monoisotopic (exact) mass is 418 g/mol. The highest BCUT2D eigenvalue weighted by Crippen LogP contribution is 2.18. The molecule has 0 fully saturated rings. The van der Waals surface area contributed by atoms with Crippen LogP contribution in [0.15, 0.2) is 88.9 Å². The summed E-state index contributed by atoms with van der Waals surface area (Å²) >= 11 is 0. The summed E-state index contributed by atoms with van der Waals surface area (Å²) in [7, 11) is -7.65. The van der Waals surface area contributed by atoms with E-state index in [9.17, 15) is 16.8 Å². The molecule has 1 heterocycles. The molecule has 3 rings (SSSR count). The van der Waals surface area contributed by atoms with Crippen molar-refractivity contribution in [1.29, 1.82) is 0 Å². The summed E-state index contributed by atoms with van der Waals surface area (Å²) in [5.74, 6) is 0. The van der Waals surface area contributed by atoms with Crippen LogP contribution in [0.2, 0.25) is 0 Å². The summed E-state index contributed by atoms with van der Waals surface area (Å²) in [6.07, 6.45) is 3.74. The summed E-state index contributed by atoms with van der Waals surface area (Å²) < 4.78 is 54.0. The first-order valence-electron chi connectivity index (χ1n) is 8.84. The van der Waals surface area contributed by atoms with Crippen LogP contribution >= 0.6 is 0 Å². The van der Waals surface area contributed by atoms with Crippen molar-refractivity contribution in [2.24, 2.45) is 0 Å². The molecule has 0 saturated heterocycles. The van der Waals surface area contributed by atoms with Crippen molar-refractivity contribution in [3.63, 3.8) is 0 Å². The largest absolute Gasteiger partial charge is 0.267 e. The number of nitrogens with one attached hydrogen (secondary N) is 1. The minimum atomic E-state index is -3.83. The Hall–Kier alpha value is -2.42. The first-order valence-corrected chi connectivity index (χ1v) is 11.8. The maximum absolute atomic E-state index is 12.6. The van der Waals surface area contributed by atoms with Gasteiger partial charge in [0.1, 0.15) is 4.90 Å². The van der Waals surface area contributed by atoms with Gasteiger partial charge in [0.2, 0.25) is 10.0 Å². The van der Waals surface area contributed by atoms with Crippen LogP contribution in [0.5, 0.6) is 0 Å². The SMILES string of the molecule is C[C@@H](CCc1ccccc1)NS(=O)(=O)c1ccn(S(=O)(=O)c2ccccc2)c1. The van der Waals surface area contributed by atoms with Gasteiger partial charge in [-0.1, -0.05) is 48.5 Å². The van der Waals surface area contributed by atoms with Crippen molar-refractivity contribution in [1.82, 2.24) is 8.69 Å². The molecule has 6 nitrogen and oxygen atoms in total. The van der Waals surface area contributed by atoms with Gasteiger partial charge in [0.05, 0.1) is 4.90 Å². The number of hydrogen-bond acceptors (Lipinski definition) is 4. The smallest absolute Gasteiger partial charge is 0.248 e. The molecule has 0 bridgehead atoms. The van der Waals surface area contributed by atoms with Gasteiger partial charge in [-0.15, -0.1) is 0 Å². The normalized spacial score (nSPS) is 13.3. The number of benzene rings is 2. The second kappa shape index (κ2) is 8.30. The van der Waals surface area contributed by atoms with E-state index in [1.54, 1.807) is 25.1 Å². The molecule has 0 saturated carbocycles. The molecule has 3 aromatic rings. The van der Waals surface area contributed by atoms with Crippen LogP contribution in [0.1, 0.15) is 18.9 Å². The van der Waals surface area contributed by atoms with E-state index in [1.807, 2.05) is 30.3 Å². The second-order valence-corrected chi connectivity index (χ2v) is 10.1. The lowest BCUT2D eigenvalue weighted by atomic mass is 10.1. The maximum atomic E-state index is 12.6. The summed E-state index contributed by atoms with van der Waals surface area (Å²) in [6, 6.07) is 18.7. The number of rotatable bonds is 8. The lowest BCUT2D eigenvalue weighted by molar-refractivity contribution is 0.547. The van der Waals surface area contributed by atoms with E-state index >= 15 is 0 Å². The van der Waals surface area contributed by atoms with Gasteiger partial charge in [-0.25, -0.2) is 25.5 Å². The van der Waals surface area contributed by atoms with E-state index in [2.05, 4.69) is 4.72 Å². The van der Waals surface area contributed by atoms with Crippen molar-refractivity contribution in [3.8, 4) is 0 Å². The summed E-state index contributed by atoms with van der Waals surface area (Å²) in [5.41, 5.74) is 1.13. The van der Waals surface area contributed by atoms with Gasteiger partial charge < -0.3 is 0 Å². The zero-order valence-corrected chi connectivity index (χ0v) is 17.0.